The molecule has 2 aromatic heterocycles. The summed E-state index contributed by atoms with van der Waals surface area (Å²) >= 11 is 10.6. The fraction of sp³-hybridized carbons (Fsp3) is 0.0357. The van der Waals surface area contributed by atoms with E-state index in [1.165, 1.54) is 11.3 Å². The average Bonchev–Trinajstić information content (AvgIpc) is 3.24. The van der Waals surface area contributed by atoms with Gasteiger partial charge in [-0.2, -0.15) is 0 Å². The molecular weight excluding hydrogens is 572 g/mol. The maximum absolute atomic E-state index is 13.1. The van der Waals surface area contributed by atoms with Crippen LogP contribution in [0.3, 0.4) is 0 Å². The highest BCUT2D eigenvalue weighted by molar-refractivity contribution is 9.10. The van der Waals surface area contributed by atoms with Gasteiger partial charge in [0.15, 0.2) is 0 Å². The lowest BCUT2D eigenvalue weighted by molar-refractivity contribution is 0.0849. The number of hydrogen-bond acceptors (Lipinski definition) is 5. The Morgan fingerprint density at radius 3 is 2.19 bits per heavy atom. The first kappa shape index (κ1) is 25.0. The minimum atomic E-state index is -0.523. The van der Waals surface area contributed by atoms with Crippen LogP contribution < -0.4 is 16.6 Å². The summed E-state index contributed by atoms with van der Waals surface area (Å²) in [5, 5.41) is 1.29. The van der Waals surface area contributed by atoms with Crippen LogP contribution in [-0.4, -0.2) is 16.8 Å². The smallest absolute Gasteiger partial charge is 0.281 e. The first-order valence-electron chi connectivity index (χ1n) is 11.2. The van der Waals surface area contributed by atoms with Crippen molar-refractivity contribution in [3.05, 3.63) is 104 Å². The molecule has 184 valence electrons. The zero-order valence-corrected chi connectivity index (χ0v) is 22.7. The molecule has 0 bridgehead atoms. The fourth-order valence-electron chi connectivity index (χ4n) is 3.86. The number of carbonyl (C=O) groups excluding carboxylic acids is 2. The second-order valence-corrected chi connectivity index (χ2v) is 10.7. The number of rotatable bonds is 4. The molecule has 0 unspecified atom stereocenters. The number of hydrogen-bond donors (Lipinski definition) is 3. The Balaban J connectivity index is 1.53. The van der Waals surface area contributed by atoms with Crippen LogP contribution in [0.2, 0.25) is 5.02 Å². The highest BCUT2D eigenvalue weighted by Gasteiger charge is 2.22. The van der Waals surface area contributed by atoms with Crippen LogP contribution in [-0.2, 0) is 0 Å². The van der Waals surface area contributed by atoms with Gasteiger partial charge in [-0.1, -0.05) is 69.5 Å². The maximum Gasteiger partial charge on any atom is 0.281 e. The van der Waals surface area contributed by atoms with Gasteiger partial charge in [0.05, 0.1) is 11.4 Å². The van der Waals surface area contributed by atoms with Gasteiger partial charge in [0.1, 0.15) is 9.71 Å². The molecule has 2 heterocycles. The second-order valence-electron chi connectivity index (χ2n) is 8.37. The third-order valence-corrected chi connectivity index (χ3v) is 7.68. The van der Waals surface area contributed by atoms with Crippen molar-refractivity contribution in [1.29, 1.82) is 0 Å². The van der Waals surface area contributed by atoms with Gasteiger partial charge in [0, 0.05) is 26.0 Å². The Kier molecular flexibility index (Phi) is 6.97. The van der Waals surface area contributed by atoms with E-state index in [0.29, 0.717) is 26.5 Å². The molecule has 0 saturated heterocycles. The van der Waals surface area contributed by atoms with Gasteiger partial charge < -0.3 is 5.73 Å². The molecule has 0 spiro atoms. The predicted octanol–water partition coefficient (Wildman–Crippen LogP) is 7.01. The summed E-state index contributed by atoms with van der Waals surface area (Å²) in [6, 6.07) is 24.3. The van der Waals surface area contributed by atoms with Crippen LogP contribution in [0.4, 0.5) is 5.69 Å². The van der Waals surface area contributed by atoms with E-state index in [0.717, 1.165) is 32.4 Å². The molecular formula is C28H20BrClN4O2S. The minimum Gasteiger partial charge on any atom is -0.397 e. The van der Waals surface area contributed by atoms with E-state index in [9.17, 15) is 9.59 Å². The number of aromatic nitrogens is 1. The molecule has 0 aliphatic rings. The Morgan fingerprint density at radius 1 is 0.892 bits per heavy atom. The van der Waals surface area contributed by atoms with Gasteiger partial charge in [-0.25, -0.2) is 4.98 Å². The number of hydrazine groups is 1. The minimum absolute atomic E-state index is 0.259. The van der Waals surface area contributed by atoms with Gasteiger partial charge in [0.2, 0.25) is 0 Å². The monoisotopic (exact) mass is 590 g/mol. The van der Waals surface area contributed by atoms with Crippen molar-refractivity contribution in [3.63, 3.8) is 0 Å². The molecule has 0 saturated carbocycles. The number of amides is 2. The van der Waals surface area contributed by atoms with Crippen LogP contribution in [0.1, 0.15) is 25.6 Å². The zero-order valence-electron chi connectivity index (χ0n) is 19.5. The summed E-state index contributed by atoms with van der Waals surface area (Å²) in [6.45, 7) is 2.03. The number of fused-ring (bicyclic) bond motifs is 1. The number of nitrogens with one attached hydrogen (secondary N) is 2. The van der Waals surface area contributed by atoms with Crippen molar-refractivity contribution in [2.75, 3.05) is 5.73 Å². The van der Waals surface area contributed by atoms with E-state index in [1.807, 2.05) is 61.5 Å². The third-order valence-electron chi connectivity index (χ3n) is 5.80. The van der Waals surface area contributed by atoms with Gasteiger partial charge in [0.25, 0.3) is 11.8 Å². The molecule has 5 rings (SSSR count). The summed E-state index contributed by atoms with van der Waals surface area (Å²) in [5.74, 6) is -0.966. The topological polar surface area (TPSA) is 97.1 Å². The van der Waals surface area contributed by atoms with E-state index in [2.05, 4.69) is 26.8 Å². The molecule has 9 heteroatoms. The maximum atomic E-state index is 13.1. The van der Waals surface area contributed by atoms with Crippen molar-refractivity contribution in [2.45, 2.75) is 6.92 Å². The number of thiophene rings is 1. The van der Waals surface area contributed by atoms with Crippen LogP contribution in [0.15, 0.2) is 83.3 Å². The Bertz CT molecular complexity index is 1630. The number of anilines is 1. The first-order chi connectivity index (χ1) is 17.8. The number of pyridine rings is 1. The van der Waals surface area contributed by atoms with Crippen LogP contribution >= 0.6 is 38.9 Å². The molecule has 0 radical (unpaired) electrons. The first-order valence-corrected chi connectivity index (χ1v) is 13.2. The molecule has 0 aliphatic carbocycles. The lowest BCUT2D eigenvalue weighted by Crippen LogP contribution is -2.41. The molecule has 3 aromatic carbocycles. The molecule has 6 nitrogen and oxygen atoms in total. The number of aryl methyl sites for hydroxylation is 1. The average molecular weight is 592 g/mol. The molecule has 4 N–H and O–H groups in total. The van der Waals surface area contributed by atoms with Crippen LogP contribution in [0.5, 0.6) is 0 Å². The third kappa shape index (κ3) is 5.22. The fourth-order valence-corrected chi connectivity index (χ4v) is 5.27. The Hall–Kier alpha value is -3.72. The van der Waals surface area contributed by atoms with Crippen molar-refractivity contribution >= 4 is 66.6 Å². The van der Waals surface area contributed by atoms with E-state index in [1.54, 1.807) is 24.3 Å². The standard InChI is InChI=1S/C28H20BrClN4O2S/c1-15-2-4-17(5-3-15)22-14-21(16-8-12-20(30)13-9-16)23-24(31)25(37-28(23)32-22)27(36)34-33-26(35)18-6-10-19(29)11-7-18/h2-14H,31H2,1H3,(H,33,35)(H,34,36). The van der Waals surface area contributed by atoms with Crippen molar-refractivity contribution in [1.82, 2.24) is 15.8 Å². The Labute approximate surface area is 230 Å². The summed E-state index contributed by atoms with van der Waals surface area (Å²) in [4.78, 5) is 31.2. The lowest BCUT2D eigenvalue weighted by atomic mass is 9.99. The molecule has 5 aromatic rings. The second kappa shape index (κ2) is 10.3. The van der Waals surface area contributed by atoms with E-state index in [4.69, 9.17) is 22.3 Å². The van der Waals surface area contributed by atoms with Gasteiger partial charge >= 0.3 is 0 Å². The van der Waals surface area contributed by atoms with Crippen molar-refractivity contribution < 1.29 is 9.59 Å². The summed E-state index contributed by atoms with van der Waals surface area (Å²) < 4.78 is 0.847. The van der Waals surface area contributed by atoms with E-state index < -0.39 is 11.8 Å². The molecule has 0 atom stereocenters. The largest absolute Gasteiger partial charge is 0.397 e. The summed E-state index contributed by atoms with van der Waals surface area (Å²) in [5.41, 5.74) is 16.7. The highest BCUT2D eigenvalue weighted by Crippen LogP contribution is 2.41. The quantitative estimate of drug-likeness (QED) is 0.196. The predicted molar refractivity (Wildman–Crippen MR) is 154 cm³/mol. The molecule has 2 amide bonds. The van der Waals surface area contributed by atoms with Gasteiger partial charge in [-0.3, -0.25) is 20.4 Å². The summed E-state index contributed by atoms with van der Waals surface area (Å²) in [6.07, 6.45) is 0. The van der Waals surface area contributed by atoms with Crippen LogP contribution in [0.25, 0.3) is 32.6 Å². The molecule has 37 heavy (non-hydrogen) atoms. The Morgan fingerprint density at radius 2 is 1.51 bits per heavy atom. The number of halogens is 2. The zero-order chi connectivity index (χ0) is 26.1. The molecule has 0 fully saturated rings. The normalized spacial score (nSPS) is 10.9. The van der Waals surface area contributed by atoms with Crippen molar-refractivity contribution in [2.24, 2.45) is 0 Å². The highest BCUT2D eigenvalue weighted by atomic mass is 79.9. The van der Waals surface area contributed by atoms with Crippen LogP contribution in [0, 0.1) is 6.92 Å². The van der Waals surface area contributed by atoms with Crippen molar-refractivity contribution in [3.8, 4) is 22.4 Å². The number of nitrogens with zero attached hydrogens (tertiary/aromatic N) is 1. The number of nitrogens with two attached hydrogens (primary N) is 1. The van der Waals surface area contributed by atoms with Gasteiger partial charge in [-0.05, 0) is 60.5 Å². The molecule has 0 aliphatic heterocycles. The van der Waals surface area contributed by atoms with E-state index >= 15 is 0 Å². The lowest BCUT2D eigenvalue weighted by Gasteiger charge is -2.10. The SMILES string of the molecule is Cc1ccc(-c2cc(-c3ccc(Cl)cc3)c3c(N)c(C(=O)NNC(=O)c4ccc(Br)cc4)sc3n2)cc1. The number of benzene rings is 3. The van der Waals surface area contributed by atoms with Gasteiger partial charge in [-0.15, -0.1) is 11.3 Å². The number of carbonyl (C=O) groups is 2. The number of nitrogen functional groups attached to an aromatic ring is 1. The summed E-state index contributed by atoms with van der Waals surface area (Å²) in [7, 11) is 0. The van der Waals surface area contributed by atoms with E-state index in [-0.39, 0.29) is 4.88 Å².